The molecule has 0 spiro atoms. The Bertz CT molecular complexity index is 926. The predicted molar refractivity (Wildman–Crippen MR) is 106 cm³/mol. The van der Waals surface area contributed by atoms with Crippen molar-refractivity contribution in [3.63, 3.8) is 0 Å². The summed E-state index contributed by atoms with van der Waals surface area (Å²) in [5.41, 5.74) is 2.80. The molecule has 27 heavy (non-hydrogen) atoms. The number of amides is 1. The van der Waals surface area contributed by atoms with Gasteiger partial charge in [-0.25, -0.2) is 13.4 Å². The number of carbonyl (C=O) groups excluding carboxylic acids is 1. The van der Waals surface area contributed by atoms with Crippen LogP contribution in [0.1, 0.15) is 16.7 Å². The van der Waals surface area contributed by atoms with Gasteiger partial charge in [0.25, 0.3) is 0 Å². The van der Waals surface area contributed by atoms with Crippen LogP contribution in [0, 0.1) is 13.8 Å². The number of nitrogens with zero attached hydrogens (tertiary/aromatic N) is 3. The van der Waals surface area contributed by atoms with E-state index >= 15 is 0 Å². The van der Waals surface area contributed by atoms with Gasteiger partial charge in [0.15, 0.2) is 0 Å². The van der Waals surface area contributed by atoms with E-state index in [2.05, 4.69) is 10.3 Å². The van der Waals surface area contributed by atoms with Crippen molar-refractivity contribution in [1.82, 2.24) is 14.6 Å². The third kappa shape index (κ3) is 5.27. The van der Waals surface area contributed by atoms with Crippen LogP contribution >= 0.6 is 0 Å². The molecule has 0 fully saturated rings. The standard InChI is InChI=1S/C19H26N4O3S/c1-14-6-7-17(10-15(14)2)27(25,26)23(5)13-19(24)21-12-16-8-9-20-18(11-16)22(3)4/h6-11H,12-13H2,1-5H3,(H,21,24). The Morgan fingerprint density at radius 2 is 1.78 bits per heavy atom. The van der Waals surface area contributed by atoms with Crippen LogP contribution in [0.25, 0.3) is 0 Å². The molecule has 0 saturated heterocycles. The van der Waals surface area contributed by atoms with Gasteiger partial charge in [-0.05, 0) is 54.8 Å². The molecule has 2 aromatic rings. The number of carbonyl (C=O) groups is 1. The molecule has 1 aromatic carbocycles. The minimum absolute atomic E-state index is 0.186. The van der Waals surface area contributed by atoms with Crippen LogP contribution in [0.3, 0.4) is 0 Å². The number of nitrogens with one attached hydrogen (secondary N) is 1. The Kier molecular flexibility index (Phi) is 6.56. The number of anilines is 1. The molecule has 0 radical (unpaired) electrons. The molecule has 0 aliphatic heterocycles. The van der Waals surface area contributed by atoms with E-state index in [1.807, 2.05) is 45.0 Å². The van der Waals surface area contributed by atoms with E-state index < -0.39 is 10.0 Å². The lowest BCUT2D eigenvalue weighted by Crippen LogP contribution is -2.38. The predicted octanol–water partition coefficient (Wildman–Crippen LogP) is 1.70. The molecule has 7 nitrogen and oxygen atoms in total. The van der Waals surface area contributed by atoms with Crippen LogP contribution in [-0.4, -0.2) is 51.3 Å². The normalized spacial score (nSPS) is 11.5. The summed E-state index contributed by atoms with van der Waals surface area (Å²) in [4.78, 5) is 18.5. The molecule has 0 bridgehead atoms. The maximum atomic E-state index is 12.7. The van der Waals surface area contributed by atoms with Crippen molar-refractivity contribution < 1.29 is 13.2 Å². The monoisotopic (exact) mass is 390 g/mol. The van der Waals surface area contributed by atoms with Crippen LogP contribution in [0.15, 0.2) is 41.4 Å². The van der Waals surface area contributed by atoms with Crippen LogP contribution in [0.4, 0.5) is 5.82 Å². The van der Waals surface area contributed by atoms with E-state index in [1.54, 1.807) is 24.4 Å². The number of hydrogen-bond donors (Lipinski definition) is 1. The molecule has 146 valence electrons. The number of aryl methyl sites for hydroxylation is 2. The van der Waals surface area contributed by atoms with Gasteiger partial charge in [-0.1, -0.05) is 6.07 Å². The lowest BCUT2D eigenvalue weighted by atomic mass is 10.1. The lowest BCUT2D eigenvalue weighted by Gasteiger charge is -2.18. The molecule has 1 aromatic heterocycles. The van der Waals surface area contributed by atoms with Crippen LogP contribution in [0.5, 0.6) is 0 Å². The van der Waals surface area contributed by atoms with Gasteiger partial charge in [0.05, 0.1) is 11.4 Å². The maximum Gasteiger partial charge on any atom is 0.243 e. The molecule has 1 N–H and O–H groups in total. The van der Waals surface area contributed by atoms with Crippen molar-refractivity contribution in [3.05, 3.63) is 53.2 Å². The fourth-order valence-electron chi connectivity index (χ4n) is 2.41. The zero-order valence-electron chi connectivity index (χ0n) is 16.4. The van der Waals surface area contributed by atoms with Gasteiger partial charge in [0.2, 0.25) is 15.9 Å². The quantitative estimate of drug-likeness (QED) is 0.778. The lowest BCUT2D eigenvalue weighted by molar-refractivity contribution is -0.121. The molecule has 1 heterocycles. The number of sulfonamides is 1. The summed E-state index contributed by atoms with van der Waals surface area (Å²) in [5, 5.41) is 2.75. The van der Waals surface area contributed by atoms with E-state index in [0.29, 0.717) is 6.54 Å². The van der Waals surface area contributed by atoms with E-state index in [9.17, 15) is 13.2 Å². The van der Waals surface area contributed by atoms with Gasteiger partial charge < -0.3 is 10.2 Å². The van der Waals surface area contributed by atoms with Gasteiger partial charge in [-0.2, -0.15) is 4.31 Å². The third-order valence-electron chi connectivity index (χ3n) is 4.31. The second kappa shape index (κ2) is 8.49. The number of pyridine rings is 1. The van der Waals surface area contributed by atoms with Gasteiger partial charge in [0, 0.05) is 33.9 Å². The van der Waals surface area contributed by atoms with Crippen LogP contribution in [-0.2, 0) is 21.4 Å². The highest BCUT2D eigenvalue weighted by atomic mass is 32.2. The summed E-state index contributed by atoms with van der Waals surface area (Å²) in [5.74, 6) is 0.421. The van der Waals surface area contributed by atoms with Gasteiger partial charge >= 0.3 is 0 Å². The molecule has 0 saturated carbocycles. The second-order valence-corrected chi connectivity index (χ2v) is 8.75. The van der Waals surface area contributed by atoms with Crippen LogP contribution in [0.2, 0.25) is 0 Å². The summed E-state index contributed by atoms with van der Waals surface area (Å²) < 4.78 is 26.4. The molecule has 0 aliphatic rings. The molecule has 0 atom stereocenters. The Balaban J connectivity index is 2.00. The Morgan fingerprint density at radius 3 is 2.41 bits per heavy atom. The Hall–Kier alpha value is -2.45. The van der Waals surface area contributed by atoms with Crippen molar-refractivity contribution in [3.8, 4) is 0 Å². The Morgan fingerprint density at radius 1 is 1.07 bits per heavy atom. The summed E-state index contributed by atoms with van der Waals surface area (Å²) in [6.45, 7) is 3.84. The van der Waals surface area contributed by atoms with Crippen LogP contribution < -0.4 is 10.2 Å². The first kappa shape index (κ1) is 20.9. The summed E-state index contributed by atoms with van der Waals surface area (Å²) in [6, 6.07) is 8.63. The average Bonchev–Trinajstić information content (AvgIpc) is 2.62. The zero-order chi connectivity index (χ0) is 20.2. The van der Waals surface area contributed by atoms with Crippen molar-refractivity contribution >= 4 is 21.7 Å². The van der Waals surface area contributed by atoms with Gasteiger partial charge in [-0.15, -0.1) is 0 Å². The first-order valence-corrected chi connectivity index (χ1v) is 9.98. The van der Waals surface area contributed by atoms with E-state index in [-0.39, 0.29) is 17.3 Å². The highest BCUT2D eigenvalue weighted by Gasteiger charge is 2.23. The molecule has 8 heteroatoms. The second-order valence-electron chi connectivity index (χ2n) is 6.70. The number of likely N-dealkylation sites (N-methyl/N-ethyl adjacent to an activating group) is 1. The highest BCUT2D eigenvalue weighted by molar-refractivity contribution is 7.89. The topological polar surface area (TPSA) is 82.6 Å². The van der Waals surface area contributed by atoms with Gasteiger partial charge in [0.1, 0.15) is 5.82 Å². The van der Waals surface area contributed by atoms with Crippen molar-refractivity contribution in [2.75, 3.05) is 32.6 Å². The van der Waals surface area contributed by atoms with E-state index in [4.69, 9.17) is 0 Å². The molecule has 0 aliphatic carbocycles. The van der Waals surface area contributed by atoms with E-state index in [0.717, 1.165) is 26.8 Å². The number of aromatic nitrogens is 1. The fourth-order valence-corrected chi connectivity index (χ4v) is 3.63. The number of hydrogen-bond acceptors (Lipinski definition) is 5. The molecule has 0 unspecified atom stereocenters. The van der Waals surface area contributed by atoms with Crippen molar-refractivity contribution in [2.45, 2.75) is 25.3 Å². The van der Waals surface area contributed by atoms with Crippen molar-refractivity contribution in [1.29, 1.82) is 0 Å². The fraction of sp³-hybridized carbons (Fsp3) is 0.368. The minimum Gasteiger partial charge on any atom is -0.363 e. The zero-order valence-corrected chi connectivity index (χ0v) is 17.2. The number of rotatable bonds is 7. The first-order chi connectivity index (χ1) is 12.6. The molecule has 1 amide bonds. The summed E-state index contributed by atoms with van der Waals surface area (Å²) in [7, 11) is 1.46. The molecular formula is C19H26N4O3S. The number of benzene rings is 1. The maximum absolute atomic E-state index is 12.7. The largest absolute Gasteiger partial charge is 0.363 e. The Labute approximate surface area is 161 Å². The smallest absolute Gasteiger partial charge is 0.243 e. The summed E-state index contributed by atoms with van der Waals surface area (Å²) in [6.07, 6.45) is 1.67. The highest BCUT2D eigenvalue weighted by Crippen LogP contribution is 2.18. The van der Waals surface area contributed by atoms with E-state index in [1.165, 1.54) is 7.05 Å². The summed E-state index contributed by atoms with van der Waals surface area (Å²) >= 11 is 0. The molecule has 2 rings (SSSR count). The third-order valence-corrected chi connectivity index (χ3v) is 6.11. The average molecular weight is 391 g/mol. The minimum atomic E-state index is -3.72. The van der Waals surface area contributed by atoms with Crippen molar-refractivity contribution in [2.24, 2.45) is 0 Å². The first-order valence-electron chi connectivity index (χ1n) is 8.54. The SMILES string of the molecule is Cc1ccc(S(=O)(=O)N(C)CC(=O)NCc2ccnc(N(C)C)c2)cc1C. The van der Waals surface area contributed by atoms with Gasteiger partial charge in [-0.3, -0.25) is 4.79 Å². The molecular weight excluding hydrogens is 364 g/mol.